The molecule has 0 amide bonds. The third-order valence-corrected chi connectivity index (χ3v) is 3.08. The SMILES string of the molecule is C=C(N1CCc2ccc(C)cc2C1)C(F)(F)F.CC. The molecule has 0 spiro atoms. The van der Waals surface area contributed by atoms with Gasteiger partial charge in [-0.25, -0.2) is 0 Å². The van der Waals surface area contributed by atoms with Crippen molar-refractivity contribution >= 4 is 0 Å². The fourth-order valence-corrected chi connectivity index (χ4v) is 2.10. The van der Waals surface area contributed by atoms with Gasteiger partial charge in [-0.3, -0.25) is 0 Å². The van der Waals surface area contributed by atoms with Crippen LogP contribution in [0.1, 0.15) is 30.5 Å². The van der Waals surface area contributed by atoms with Gasteiger partial charge in [0.25, 0.3) is 0 Å². The van der Waals surface area contributed by atoms with Gasteiger partial charge in [0, 0.05) is 13.1 Å². The summed E-state index contributed by atoms with van der Waals surface area (Å²) in [6.07, 6.45) is -3.69. The van der Waals surface area contributed by atoms with E-state index in [1.54, 1.807) is 0 Å². The van der Waals surface area contributed by atoms with Gasteiger partial charge in [-0.2, -0.15) is 13.2 Å². The minimum Gasteiger partial charge on any atom is -0.363 e. The summed E-state index contributed by atoms with van der Waals surface area (Å²) in [4.78, 5) is 1.31. The number of hydrogen-bond acceptors (Lipinski definition) is 1. The number of hydrogen-bond donors (Lipinski definition) is 0. The van der Waals surface area contributed by atoms with Crippen molar-refractivity contribution in [3.63, 3.8) is 0 Å². The lowest BCUT2D eigenvalue weighted by molar-refractivity contribution is -0.112. The zero-order chi connectivity index (χ0) is 14.6. The Kier molecular flexibility index (Phi) is 5.04. The van der Waals surface area contributed by atoms with Crippen molar-refractivity contribution in [1.29, 1.82) is 0 Å². The highest BCUT2D eigenvalue weighted by molar-refractivity contribution is 5.34. The van der Waals surface area contributed by atoms with Crippen LogP contribution in [0, 0.1) is 6.92 Å². The molecule has 19 heavy (non-hydrogen) atoms. The molecule has 0 atom stereocenters. The van der Waals surface area contributed by atoms with E-state index in [2.05, 4.69) is 6.58 Å². The topological polar surface area (TPSA) is 3.24 Å². The molecule has 0 aromatic heterocycles. The van der Waals surface area contributed by atoms with Crippen LogP contribution >= 0.6 is 0 Å². The zero-order valence-electron chi connectivity index (χ0n) is 11.6. The Bertz CT molecular complexity index is 449. The molecule has 4 heteroatoms. The van der Waals surface area contributed by atoms with Crippen LogP contribution in [0.15, 0.2) is 30.5 Å². The van der Waals surface area contributed by atoms with Crippen LogP contribution in [-0.4, -0.2) is 17.6 Å². The maximum absolute atomic E-state index is 12.5. The van der Waals surface area contributed by atoms with E-state index >= 15 is 0 Å². The molecule has 0 unspecified atom stereocenters. The summed E-state index contributed by atoms with van der Waals surface area (Å²) in [6, 6.07) is 5.94. The molecular formula is C15H20F3N. The zero-order valence-corrected chi connectivity index (χ0v) is 11.6. The molecule has 1 heterocycles. The van der Waals surface area contributed by atoms with E-state index in [4.69, 9.17) is 0 Å². The maximum atomic E-state index is 12.5. The van der Waals surface area contributed by atoms with Crippen LogP contribution < -0.4 is 0 Å². The van der Waals surface area contributed by atoms with Crippen molar-refractivity contribution in [1.82, 2.24) is 4.90 Å². The molecule has 0 radical (unpaired) electrons. The molecule has 0 saturated heterocycles. The van der Waals surface area contributed by atoms with Crippen LogP contribution in [0.25, 0.3) is 0 Å². The number of alkyl halides is 3. The number of benzene rings is 1. The van der Waals surface area contributed by atoms with E-state index in [1.807, 2.05) is 39.0 Å². The van der Waals surface area contributed by atoms with Crippen molar-refractivity contribution in [3.05, 3.63) is 47.2 Å². The van der Waals surface area contributed by atoms with Gasteiger partial charge in [0.15, 0.2) is 0 Å². The third-order valence-electron chi connectivity index (χ3n) is 3.08. The molecule has 1 aliphatic heterocycles. The second-order valence-electron chi connectivity index (χ2n) is 4.39. The monoisotopic (exact) mass is 271 g/mol. The molecule has 1 aromatic rings. The first-order chi connectivity index (χ1) is 8.88. The van der Waals surface area contributed by atoms with E-state index in [0.29, 0.717) is 19.5 Å². The normalized spacial score (nSPS) is 14.3. The number of fused-ring (bicyclic) bond motifs is 1. The van der Waals surface area contributed by atoms with E-state index < -0.39 is 11.9 Å². The maximum Gasteiger partial charge on any atom is 0.430 e. The second-order valence-corrected chi connectivity index (χ2v) is 4.39. The average molecular weight is 271 g/mol. The second kappa shape index (κ2) is 6.13. The van der Waals surface area contributed by atoms with Gasteiger partial charge in [0.1, 0.15) is 5.70 Å². The first kappa shape index (κ1) is 15.6. The van der Waals surface area contributed by atoms with Gasteiger partial charge in [0.05, 0.1) is 0 Å². The van der Waals surface area contributed by atoms with Gasteiger partial charge in [-0.15, -0.1) is 0 Å². The molecule has 0 N–H and O–H groups in total. The Balaban J connectivity index is 0.000000861. The molecule has 1 aliphatic rings. The molecule has 0 aliphatic carbocycles. The standard InChI is InChI=1S/C13H14F3N.C2H6/c1-9-3-4-11-5-6-17(8-12(11)7-9)10(2)13(14,15)16;1-2/h3-4,7H,2,5-6,8H2,1H3;1-2H3. The van der Waals surface area contributed by atoms with Crippen LogP contribution in [-0.2, 0) is 13.0 Å². The molecular weight excluding hydrogens is 251 g/mol. The summed E-state index contributed by atoms with van der Waals surface area (Å²) in [5.41, 5.74) is 2.44. The van der Waals surface area contributed by atoms with E-state index in [9.17, 15) is 13.2 Å². The Morgan fingerprint density at radius 1 is 1.21 bits per heavy atom. The van der Waals surface area contributed by atoms with Gasteiger partial charge in [-0.05, 0) is 24.5 Å². The number of aryl methyl sites for hydroxylation is 1. The summed E-state index contributed by atoms with van der Waals surface area (Å²) in [6.45, 7) is 9.77. The first-order valence-electron chi connectivity index (χ1n) is 6.47. The molecule has 0 fully saturated rings. The summed E-state index contributed by atoms with van der Waals surface area (Å²) in [5, 5.41) is 0. The van der Waals surface area contributed by atoms with E-state index in [1.165, 1.54) is 4.90 Å². The van der Waals surface area contributed by atoms with Crippen molar-refractivity contribution in [2.24, 2.45) is 0 Å². The highest BCUT2D eigenvalue weighted by Crippen LogP contribution is 2.31. The Morgan fingerprint density at radius 3 is 2.42 bits per heavy atom. The summed E-state index contributed by atoms with van der Waals surface area (Å²) in [5.74, 6) is 0. The predicted molar refractivity (Wildman–Crippen MR) is 71.8 cm³/mol. The highest BCUT2D eigenvalue weighted by atomic mass is 19.4. The molecule has 2 rings (SSSR count). The summed E-state index contributed by atoms with van der Waals surface area (Å²) >= 11 is 0. The van der Waals surface area contributed by atoms with Crippen molar-refractivity contribution < 1.29 is 13.2 Å². The van der Waals surface area contributed by atoms with Crippen molar-refractivity contribution in [2.45, 2.75) is 39.9 Å². The molecule has 1 aromatic carbocycles. The fourth-order valence-electron chi connectivity index (χ4n) is 2.10. The van der Waals surface area contributed by atoms with E-state index in [-0.39, 0.29) is 0 Å². The lowest BCUT2D eigenvalue weighted by Crippen LogP contribution is -2.35. The van der Waals surface area contributed by atoms with Crippen LogP contribution in [0.3, 0.4) is 0 Å². The van der Waals surface area contributed by atoms with Gasteiger partial charge < -0.3 is 4.90 Å². The molecule has 0 bridgehead atoms. The Labute approximate surface area is 112 Å². The third kappa shape index (κ3) is 3.75. The molecule has 0 saturated carbocycles. The number of nitrogens with zero attached hydrogens (tertiary/aromatic N) is 1. The van der Waals surface area contributed by atoms with Gasteiger partial charge in [-0.1, -0.05) is 44.2 Å². The van der Waals surface area contributed by atoms with E-state index in [0.717, 1.165) is 16.7 Å². The quantitative estimate of drug-likeness (QED) is 0.729. The van der Waals surface area contributed by atoms with Crippen molar-refractivity contribution in [2.75, 3.05) is 6.54 Å². The Hall–Kier alpha value is -1.45. The molecule has 106 valence electrons. The van der Waals surface area contributed by atoms with Crippen LogP contribution in [0.2, 0.25) is 0 Å². The minimum atomic E-state index is -4.33. The first-order valence-corrected chi connectivity index (χ1v) is 6.47. The summed E-state index contributed by atoms with van der Waals surface area (Å²) in [7, 11) is 0. The molecule has 1 nitrogen and oxygen atoms in total. The number of allylic oxidation sites excluding steroid dienone is 1. The smallest absolute Gasteiger partial charge is 0.363 e. The highest BCUT2D eigenvalue weighted by Gasteiger charge is 2.36. The van der Waals surface area contributed by atoms with Crippen LogP contribution in [0.5, 0.6) is 0 Å². The lowest BCUT2D eigenvalue weighted by Gasteiger charge is -2.32. The number of rotatable bonds is 1. The summed E-state index contributed by atoms with van der Waals surface area (Å²) < 4.78 is 37.6. The predicted octanol–water partition coefficient (Wildman–Crippen LogP) is 4.46. The Morgan fingerprint density at radius 2 is 1.84 bits per heavy atom. The van der Waals surface area contributed by atoms with Gasteiger partial charge in [0.2, 0.25) is 0 Å². The van der Waals surface area contributed by atoms with Gasteiger partial charge >= 0.3 is 6.18 Å². The lowest BCUT2D eigenvalue weighted by atomic mass is 9.97. The van der Waals surface area contributed by atoms with Crippen molar-refractivity contribution in [3.8, 4) is 0 Å². The number of halogens is 3. The average Bonchev–Trinajstić information content (AvgIpc) is 2.38. The van der Waals surface area contributed by atoms with Crippen LogP contribution in [0.4, 0.5) is 13.2 Å². The fraction of sp³-hybridized carbons (Fsp3) is 0.467. The minimum absolute atomic E-state index is 0.301. The largest absolute Gasteiger partial charge is 0.430 e.